The van der Waals surface area contributed by atoms with Crippen molar-refractivity contribution in [3.63, 3.8) is 0 Å². The number of anilines is 1. The van der Waals surface area contributed by atoms with E-state index in [-0.39, 0.29) is 11.8 Å². The van der Waals surface area contributed by atoms with Crippen molar-refractivity contribution in [1.82, 2.24) is 10.3 Å². The lowest BCUT2D eigenvalue weighted by molar-refractivity contribution is -0.118. The molecule has 1 rings (SSSR count). The number of carbonyl (C=O) groups excluding carboxylic acids is 1. The number of aromatic nitrogens is 1. The third-order valence-electron chi connectivity index (χ3n) is 2.65. The van der Waals surface area contributed by atoms with E-state index in [4.69, 9.17) is 0 Å². The van der Waals surface area contributed by atoms with Crippen LogP contribution in [0.15, 0.2) is 6.20 Å². The van der Waals surface area contributed by atoms with E-state index >= 15 is 0 Å². The molecule has 0 aliphatic rings. The zero-order valence-corrected chi connectivity index (χ0v) is 12.6. The number of carbonyl (C=O) groups is 1. The number of nitrogens with one attached hydrogen (secondary N) is 2. The number of rotatable bonds is 8. The lowest BCUT2D eigenvalue weighted by Crippen LogP contribution is -2.21. The van der Waals surface area contributed by atoms with Gasteiger partial charge in [-0.15, -0.1) is 0 Å². The lowest BCUT2D eigenvalue weighted by Gasteiger charge is -2.09. The monoisotopic (exact) mass is 285 g/mol. The number of thiazole rings is 1. The van der Waals surface area contributed by atoms with Crippen LogP contribution >= 0.6 is 11.3 Å². The van der Waals surface area contributed by atoms with Crippen molar-refractivity contribution in [3.8, 4) is 0 Å². The molecule has 1 amide bonds. The van der Waals surface area contributed by atoms with Gasteiger partial charge < -0.3 is 15.7 Å². The van der Waals surface area contributed by atoms with Crippen LogP contribution in [0.25, 0.3) is 0 Å². The van der Waals surface area contributed by atoms with Gasteiger partial charge in [-0.1, -0.05) is 38.5 Å². The summed E-state index contributed by atoms with van der Waals surface area (Å²) in [6.45, 7) is 7.21. The van der Waals surface area contributed by atoms with Gasteiger partial charge in [0.05, 0.1) is 4.88 Å². The van der Waals surface area contributed by atoms with E-state index in [2.05, 4.69) is 22.5 Å². The van der Waals surface area contributed by atoms with E-state index < -0.39 is 6.10 Å². The molecule has 1 unspecified atom stereocenters. The first-order chi connectivity index (χ1) is 9.04. The zero-order valence-electron chi connectivity index (χ0n) is 11.8. The molecule has 6 heteroatoms. The molecule has 0 saturated heterocycles. The maximum absolute atomic E-state index is 11.5. The molecule has 19 heavy (non-hydrogen) atoms. The predicted molar refractivity (Wildman–Crippen MR) is 78.3 cm³/mol. The van der Waals surface area contributed by atoms with Crippen molar-refractivity contribution in [2.75, 3.05) is 18.4 Å². The van der Waals surface area contributed by atoms with E-state index in [1.54, 1.807) is 6.20 Å². The summed E-state index contributed by atoms with van der Waals surface area (Å²) < 4.78 is 0. The molecule has 0 saturated carbocycles. The van der Waals surface area contributed by atoms with Crippen LogP contribution < -0.4 is 10.6 Å². The quantitative estimate of drug-likeness (QED) is 0.640. The van der Waals surface area contributed by atoms with E-state index in [1.807, 2.05) is 13.8 Å². The summed E-state index contributed by atoms with van der Waals surface area (Å²) in [6, 6.07) is 0. The van der Waals surface area contributed by atoms with Gasteiger partial charge >= 0.3 is 0 Å². The number of aliphatic hydroxyl groups is 1. The average Bonchev–Trinajstić information content (AvgIpc) is 2.82. The second-order valence-corrected chi connectivity index (χ2v) is 5.85. The molecule has 0 spiro atoms. The number of unbranched alkanes of at least 4 members (excludes halogenated alkanes) is 1. The van der Waals surface area contributed by atoms with Crippen LogP contribution in [0.5, 0.6) is 0 Å². The fourth-order valence-corrected chi connectivity index (χ4v) is 2.19. The zero-order chi connectivity index (χ0) is 14.3. The summed E-state index contributed by atoms with van der Waals surface area (Å²) >= 11 is 1.32. The molecule has 0 fully saturated rings. The van der Waals surface area contributed by atoms with Crippen LogP contribution in [0, 0.1) is 5.92 Å². The Morgan fingerprint density at radius 2 is 2.26 bits per heavy atom. The highest BCUT2D eigenvalue weighted by Crippen LogP contribution is 2.24. The fraction of sp³-hybridized carbons (Fsp3) is 0.692. The Bertz CT molecular complexity index is 393. The predicted octanol–water partition coefficient (Wildman–Crippen LogP) is 2.16. The van der Waals surface area contributed by atoms with Crippen LogP contribution in [-0.2, 0) is 4.79 Å². The standard InChI is InChI=1S/C13H23N3O2S/c1-4-5-6-14-7-10(17)11-8-15-13(19-11)16-12(18)9(2)3/h8-10,14,17H,4-7H2,1-3H3,(H,15,16,18). The van der Waals surface area contributed by atoms with E-state index in [0.717, 1.165) is 24.3 Å². The molecule has 1 heterocycles. The highest BCUT2D eigenvalue weighted by atomic mass is 32.1. The molecular formula is C13H23N3O2S. The van der Waals surface area contributed by atoms with Gasteiger partial charge in [-0.05, 0) is 13.0 Å². The molecule has 0 radical (unpaired) electrons. The molecule has 1 aromatic rings. The molecule has 5 nitrogen and oxygen atoms in total. The third-order valence-corrected chi connectivity index (χ3v) is 3.67. The lowest BCUT2D eigenvalue weighted by atomic mass is 10.2. The Kier molecular flexibility index (Phi) is 6.97. The first kappa shape index (κ1) is 16.1. The van der Waals surface area contributed by atoms with Crippen LogP contribution in [0.3, 0.4) is 0 Å². The summed E-state index contributed by atoms with van der Waals surface area (Å²) in [4.78, 5) is 16.4. The van der Waals surface area contributed by atoms with Crippen molar-refractivity contribution in [3.05, 3.63) is 11.1 Å². The van der Waals surface area contributed by atoms with Gasteiger partial charge in [0, 0.05) is 18.7 Å². The summed E-state index contributed by atoms with van der Waals surface area (Å²) in [6.07, 6.45) is 3.28. The molecule has 0 aliphatic carbocycles. The Balaban J connectivity index is 2.42. The van der Waals surface area contributed by atoms with Crippen LogP contribution in [-0.4, -0.2) is 29.1 Å². The smallest absolute Gasteiger partial charge is 0.228 e. The maximum Gasteiger partial charge on any atom is 0.228 e. The molecule has 3 N–H and O–H groups in total. The molecule has 0 bridgehead atoms. The molecular weight excluding hydrogens is 262 g/mol. The SMILES string of the molecule is CCCCNCC(O)c1cnc(NC(=O)C(C)C)s1. The molecule has 108 valence electrons. The van der Waals surface area contributed by atoms with Crippen molar-refractivity contribution in [1.29, 1.82) is 0 Å². The van der Waals surface area contributed by atoms with Crippen molar-refractivity contribution >= 4 is 22.4 Å². The largest absolute Gasteiger partial charge is 0.386 e. The summed E-state index contributed by atoms with van der Waals surface area (Å²) in [7, 11) is 0. The van der Waals surface area contributed by atoms with Crippen molar-refractivity contribution in [2.45, 2.75) is 39.7 Å². The molecule has 0 aromatic carbocycles. The van der Waals surface area contributed by atoms with Crippen molar-refractivity contribution < 1.29 is 9.90 Å². The Hall–Kier alpha value is -0.980. The van der Waals surface area contributed by atoms with Crippen LogP contribution in [0.4, 0.5) is 5.13 Å². The maximum atomic E-state index is 11.5. The summed E-state index contributed by atoms with van der Waals surface area (Å²) in [5.74, 6) is -0.135. The van der Waals surface area contributed by atoms with Gasteiger partial charge in [0.2, 0.25) is 5.91 Å². The van der Waals surface area contributed by atoms with Gasteiger partial charge in [-0.25, -0.2) is 4.98 Å². The molecule has 0 aliphatic heterocycles. The van der Waals surface area contributed by atoms with Gasteiger partial charge in [0.25, 0.3) is 0 Å². The Morgan fingerprint density at radius 3 is 2.89 bits per heavy atom. The highest BCUT2D eigenvalue weighted by molar-refractivity contribution is 7.15. The van der Waals surface area contributed by atoms with Crippen molar-refractivity contribution in [2.24, 2.45) is 5.92 Å². The fourth-order valence-electron chi connectivity index (χ4n) is 1.39. The molecule has 1 atom stereocenters. The minimum Gasteiger partial charge on any atom is -0.386 e. The van der Waals surface area contributed by atoms with Gasteiger partial charge in [0.1, 0.15) is 6.10 Å². The number of aliphatic hydroxyl groups excluding tert-OH is 1. The summed E-state index contributed by atoms with van der Waals surface area (Å²) in [5.41, 5.74) is 0. The third kappa shape index (κ3) is 5.67. The van der Waals surface area contributed by atoms with Crippen LogP contribution in [0.2, 0.25) is 0 Å². The number of hydrogen-bond donors (Lipinski definition) is 3. The van der Waals surface area contributed by atoms with Gasteiger partial charge in [-0.3, -0.25) is 4.79 Å². The second-order valence-electron chi connectivity index (χ2n) is 4.79. The Morgan fingerprint density at radius 1 is 1.53 bits per heavy atom. The highest BCUT2D eigenvalue weighted by Gasteiger charge is 2.14. The second kappa shape index (κ2) is 8.24. The first-order valence-corrected chi connectivity index (χ1v) is 7.51. The average molecular weight is 285 g/mol. The van der Waals surface area contributed by atoms with Gasteiger partial charge in [0.15, 0.2) is 5.13 Å². The number of hydrogen-bond acceptors (Lipinski definition) is 5. The first-order valence-electron chi connectivity index (χ1n) is 6.70. The van der Waals surface area contributed by atoms with E-state index in [9.17, 15) is 9.90 Å². The number of nitrogens with zero attached hydrogens (tertiary/aromatic N) is 1. The summed E-state index contributed by atoms with van der Waals surface area (Å²) in [5, 5.41) is 16.4. The Labute approximate surface area is 118 Å². The topological polar surface area (TPSA) is 74.2 Å². The van der Waals surface area contributed by atoms with E-state index in [1.165, 1.54) is 11.3 Å². The van der Waals surface area contributed by atoms with Gasteiger partial charge in [-0.2, -0.15) is 0 Å². The minimum absolute atomic E-state index is 0.0588. The molecule has 1 aromatic heterocycles. The van der Waals surface area contributed by atoms with E-state index in [0.29, 0.717) is 11.7 Å². The van der Waals surface area contributed by atoms with Crippen LogP contribution in [0.1, 0.15) is 44.6 Å². The normalized spacial score (nSPS) is 12.7. The number of amides is 1. The minimum atomic E-state index is -0.570.